The minimum absolute atomic E-state index is 0.730. The summed E-state index contributed by atoms with van der Waals surface area (Å²) >= 11 is 1.74. The molecule has 4 fully saturated rings. The fourth-order valence-corrected chi connectivity index (χ4v) is 6.01. The summed E-state index contributed by atoms with van der Waals surface area (Å²) in [5, 5.41) is 3.88. The molecular formula is C17H20N2S. The molecule has 6 rings (SSSR count). The zero-order valence-corrected chi connectivity index (χ0v) is 12.4. The lowest BCUT2D eigenvalue weighted by molar-refractivity contribution is 0.00754. The zero-order chi connectivity index (χ0) is 13.1. The molecule has 0 amide bonds. The van der Waals surface area contributed by atoms with Crippen LogP contribution in [0.1, 0.15) is 32.1 Å². The molecule has 1 N–H and O–H groups in total. The second-order valence-electron chi connectivity index (χ2n) is 7.14. The van der Waals surface area contributed by atoms with Crippen LogP contribution in [0, 0.1) is 23.7 Å². The van der Waals surface area contributed by atoms with Crippen LogP contribution in [0.2, 0.25) is 0 Å². The summed E-state index contributed by atoms with van der Waals surface area (Å²) in [6.07, 6.45) is 7.45. The molecule has 2 nitrogen and oxygen atoms in total. The lowest BCUT2D eigenvalue weighted by Gasteiger charge is -2.54. The molecule has 4 saturated carbocycles. The van der Waals surface area contributed by atoms with Gasteiger partial charge in [-0.3, -0.25) is 0 Å². The first kappa shape index (κ1) is 11.6. The number of anilines is 1. The number of nitrogens with zero attached hydrogens (tertiary/aromatic N) is 1. The van der Waals surface area contributed by atoms with E-state index in [1.54, 1.807) is 11.3 Å². The molecule has 4 aliphatic rings. The van der Waals surface area contributed by atoms with Crippen molar-refractivity contribution in [1.82, 2.24) is 4.98 Å². The average molecular weight is 284 g/mol. The Morgan fingerprint density at radius 3 is 2.50 bits per heavy atom. The second kappa shape index (κ2) is 4.20. The largest absolute Gasteiger partial charge is 0.382 e. The maximum absolute atomic E-state index is 4.37. The number of hydrogen-bond acceptors (Lipinski definition) is 3. The van der Waals surface area contributed by atoms with Crippen LogP contribution in [0.15, 0.2) is 23.7 Å². The van der Waals surface area contributed by atoms with Gasteiger partial charge in [0, 0.05) is 11.7 Å². The van der Waals surface area contributed by atoms with Crippen LogP contribution in [-0.4, -0.2) is 11.0 Å². The minimum Gasteiger partial charge on any atom is -0.382 e. The Morgan fingerprint density at radius 2 is 1.75 bits per heavy atom. The summed E-state index contributed by atoms with van der Waals surface area (Å²) in [5.41, 5.74) is 4.38. The summed E-state index contributed by atoms with van der Waals surface area (Å²) in [6.45, 7) is 0. The molecule has 0 atom stereocenters. The van der Waals surface area contributed by atoms with E-state index in [1.807, 2.05) is 5.51 Å². The van der Waals surface area contributed by atoms with E-state index in [-0.39, 0.29) is 0 Å². The Bertz CT molecular complexity index is 619. The van der Waals surface area contributed by atoms with Crippen LogP contribution in [-0.2, 0) is 0 Å². The van der Waals surface area contributed by atoms with Gasteiger partial charge in [0.2, 0.25) is 0 Å². The van der Waals surface area contributed by atoms with Crippen LogP contribution in [0.5, 0.6) is 0 Å². The van der Waals surface area contributed by atoms with Gasteiger partial charge in [0.05, 0.1) is 15.7 Å². The third-order valence-electron chi connectivity index (χ3n) is 5.89. The summed E-state index contributed by atoms with van der Waals surface area (Å²) in [4.78, 5) is 4.37. The van der Waals surface area contributed by atoms with E-state index in [9.17, 15) is 0 Å². The first-order chi connectivity index (χ1) is 9.85. The van der Waals surface area contributed by atoms with E-state index in [0.29, 0.717) is 0 Å². The lowest BCUT2D eigenvalue weighted by atomic mass is 9.54. The molecule has 0 unspecified atom stereocenters. The topological polar surface area (TPSA) is 24.9 Å². The van der Waals surface area contributed by atoms with Gasteiger partial charge in [0.15, 0.2) is 0 Å². The number of nitrogens with one attached hydrogen (secondary N) is 1. The molecule has 2 aromatic rings. The Labute approximate surface area is 123 Å². The Hall–Kier alpha value is -1.09. The Balaban J connectivity index is 1.43. The van der Waals surface area contributed by atoms with Crippen molar-refractivity contribution in [2.75, 3.05) is 5.32 Å². The van der Waals surface area contributed by atoms with Crippen molar-refractivity contribution in [3.63, 3.8) is 0 Å². The molecule has 4 aliphatic carbocycles. The number of fused-ring (bicyclic) bond motifs is 1. The predicted octanol–water partition coefficient (Wildman–Crippen LogP) is 4.53. The van der Waals surface area contributed by atoms with E-state index < -0.39 is 0 Å². The number of hydrogen-bond donors (Lipinski definition) is 1. The van der Waals surface area contributed by atoms with Crippen molar-refractivity contribution >= 4 is 27.2 Å². The van der Waals surface area contributed by atoms with Gasteiger partial charge in [-0.25, -0.2) is 4.98 Å². The van der Waals surface area contributed by atoms with E-state index in [0.717, 1.165) is 35.2 Å². The minimum atomic E-state index is 0.730. The molecule has 1 aromatic heterocycles. The maximum atomic E-state index is 4.37. The molecule has 20 heavy (non-hydrogen) atoms. The van der Waals surface area contributed by atoms with Crippen molar-refractivity contribution < 1.29 is 0 Å². The highest BCUT2D eigenvalue weighted by atomic mass is 32.1. The molecule has 1 heterocycles. The fourth-order valence-electron chi connectivity index (χ4n) is 5.30. The van der Waals surface area contributed by atoms with Gasteiger partial charge in [-0.15, -0.1) is 11.3 Å². The van der Waals surface area contributed by atoms with Gasteiger partial charge in [-0.05, 0) is 74.0 Å². The number of benzene rings is 1. The molecule has 0 aliphatic heterocycles. The van der Waals surface area contributed by atoms with Crippen LogP contribution in [0.3, 0.4) is 0 Å². The standard InChI is InChI=1S/C17H20N2S/c1-2-15-16(20-9-18-15)8-14(1)19-17-12-4-10-3-11(6-12)7-13(17)5-10/h1-2,8-13,17,19H,3-7H2. The molecule has 4 bridgehead atoms. The van der Waals surface area contributed by atoms with Gasteiger partial charge in [0.25, 0.3) is 0 Å². The molecule has 0 saturated heterocycles. The SMILES string of the molecule is c1nc2ccc(NC3C4CC5CC(C4)CC3C5)cc2s1. The van der Waals surface area contributed by atoms with Gasteiger partial charge in [-0.2, -0.15) is 0 Å². The lowest BCUT2D eigenvalue weighted by Crippen LogP contribution is -2.51. The van der Waals surface area contributed by atoms with Gasteiger partial charge in [-0.1, -0.05) is 0 Å². The van der Waals surface area contributed by atoms with Crippen LogP contribution >= 0.6 is 11.3 Å². The molecule has 3 heteroatoms. The van der Waals surface area contributed by atoms with Crippen molar-refractivity contribution in [1.29, 1.82) is 0 Å². The van der Waals surface area contributed by atoms with Crippen LogP contribution < -0.4 is 5.32 Å². The Morgan fingerprint density at radius 1 is 1.00 bits per heavy atom. The second-order valence-corrected chi connectivity index (χ2v) is 8.02. The molecule has 1 aromatic carbocycles. The third kappa shape index (κ3) is 1.72. The van der Waals surface area contributed by atoms with E-state index in [1.165, 1.54) is 42.5 Å². The van der Waals surface area contributed by atoms with E-state index in [4.69, 9.17) is 0 Å². The number of aromatic nitrogens is 1. The van der Waals surface area contributed by atoms with Crippen molar-refractivity contribution in [3.8, 4) is 0 Å². The quantitative estimate of drug-likeness (QED) is 0.876. The summed E-state index contributed by atoms with van der Waals surface area (Å²) in [7, 11) is 0. The monoisotopic (exact) mass is 284 g/mol. The normalized spacial score (nSPS) is 38.5. The zero-order valence-electron chi connectivity index (χ0n) is 11.6. The summed E-state index contributed by atoms with van der Waals surface area (Å²) in [6, 6.07) is 7.39. The predicted molar refractivity (Wildman–Crippen MR) is 84.1 cm³/mol. The molecule has 104 valence electrons. The Kier molecular flexibility index (Phi) is 2.43. The first-order valence-electron chi connectivity index (χ1n) is 7.95. The van der Waals surface area contributed by atoms with Gasteiger partial charge >= 0.3 is 0 Å². The highest BCUT2D eigenvalue weighted by Gasteiger charge is 2.48. The summed E-state index contributed by atoms with van der Waals surface area (Å²) < 4.78 is 1.30. The number of rotatable bonds is 2. The van der Waals surface area contributed by atoms with E-state index >= 15 is 0 Å². The van der Waals surface area contributed by atoms with Crippen molar-refractivity contribution in [3.05, 3.63) is 23.7 Å². The fraction of sp³-hybridized carbons (Fsp3) is 0.588. The van der Waals surface area contributed by atoms with Crippen LogP contribution in [0.25, 0.3) is 10.2 Å². The highest BCUT2D eigenvalue weighted by molar-refractivity contribution is 7.16. The first-order valence-corrected chi connectivity index (χ1v) is 8.83. The van der Waals surface area contributed by atoms with Crippen LogP contribution in [0.4, 0.5) is 5.69 Å². The smallest absolute Gasteiger partial charge is 0.0813 e. The van der Waals surface area contributed by atoms with Crippen molar-refractivity contribution in [2.24, 2.45) is 23.7 Å². The third-order valence-corrected chi connectivity index (χ3v) is 6.68. The van der Waals surface area contributed by atoms with Crippen molar-refractivity contribution in [2.45, 2.75) is 38.1 Å². The van der Waals surface area contributed by atoms with E-state index in [2.05, 4.69) is 28.5 Å². The maximum Gasteiger partial charge on any atom is 0.0813 e. The number of thiazole rings is 1. The molecule has 0 spiro atoms. The van der Waals surface area contributed by atoms with Gasteiger partial charge < -0.3 is 5.32 Å². The average Bonchev–Trinajstić information content (AvgIpc) is 2.89. The molecule has 0 radical (unpaired) electrons. The summed E-state index contributed by atoms with van der Waals surface area (Å²) in [5.74, 6) is 3.98. The highest BCUT2D eigenvalue weighted by Crippen LogP contribution is 2.54. The molecular weight excluding hydrogens is 264 g/mol. The van der Waals surface area contributed by atoms with Gasteiger partial charge in [0.1, 0.15) is 0 Å².